The summed E-state index contributed by atoms with van der Waals surface area (Å²) in [5, 5.41) is 0. The van der Waals surface area contributed by atoms with Gasteiger partial charge < -0.3 is 4.74 Å². The zero-order valence-corrected chi connectivity index (χ0v) is 21.7. The molecule has 186 valence electrons. The summed E-state index contributed by atoms with van der Waals surface area (Å²) in [7, 11) is 0. The molecule has 0 bridgehead atoms. The molecule has 0 aliphatic heterocycles. The van der Waals surface area contributed by atoms with Gasteiger partial charge in [-0.1, -0.05) is 138 Å². The molecule has 3 rings (SSSR count). The van der Waals surface area contributed by atoms with E-state index in [1.165, 1.54) is 101 Å². The molecular formula is C33H48O. The molecule has 2 atom stereocenters. The van der Waals surface area contributed by atoms with E-state index in [9.17, 15) is 0 Å². The summed E-state index contributed by atoms with van der Waals surface area (Å²) in [5.74, 6) is 1.60. The molecule has 2 aromatic carbocycles. The van der Waals surface area contributed by atoms with E-state index < -0.39 is 0 Å². The Hall–Kier alpha value is -2.02. The van der Waals surface area contributed by atoms with Gasteiger partial charge in [-0.25, -0.2) is 0 Å². The van der Waals surface area contributed by atoms with E-state index >= 15 is 0 Å². The molecule has 0 spiro atoms. The van der Waals surface area contributed by atoms with E-state index in [1.54, 1.807) is 0 Å². The quantitative estimate of drug-likeness (QED) is 0.179. The summed E-state index contributed by atoms with van der Waals surface area (Å²) < 4.78 is 6.81. The Kier molecular flexibility index (Phi) is 13.0. The number of ether oxygens (including phenoxy) is 1. The fraction of sp³-hybridized carbons (Fsp3) is 0.576. The van der Waals surface area contributed by atoms with Gasteiger partial charge in [0.05, 0.1) is 0 Å². The first-order valence-corrected chi connectivity index (χ1v) is 14.4. The molecule has 0 saturated heterocycles. The Morgan fingerprint density at radius 3 is 1.91 bits per heavy atom. The SMILES string of the molecule is CCCCCCCCCCCCC/C=C(/O[C@@H]1CCCC[C@H]1c1ccccc1)c1ccccc1. The summed E-state index contributed by atoms with van der Waals surface area (Å²) in [6.45, 7) is 2.29. The maximum absolute atomic E-state index is 6.81. The van der Waals surface area contributed by atoms with Gasteiger partial charge in [0.1, 0.15) is 11.9 Å². The van der Waals surface area contributed by atoms with Crippen molar-refractivity contribution in [3.8, 4) is 0 Å². The van der Waals surface area contributed by atoms with Crippen LogP contribution in [0.15, 0.2) is 66.7 Å². The third-order valence-electron chi connectivity index (χ3n) is 7.40. The Morgan fingerprint density at radius 1 is 0.706 bits per heavy atom. The van der Waals surface area contributed by atoms with E-state index in [-0.39, 0.29) is 6.10 Å². The highest BCUT2D eigenvalue weighted by Crippen LogP contribution is 2.37. The van der Waals surface area contributed by atoms with Crippen molar-refractivity contribution in [2.45, 2.75) is 122 Å². The van der Waals surface area contributed by atoms with Crippen LogP contribution in [0.1, 0.15) is 127 Å². The highest BCUT2D eigenvalue weighted by Gasteiger charge is 2.28. The summed E-state index contributed by atoms with van der Waals surface area (Å²) >= 11 is 0. The fourth-order valence-corrected chi connectivity index (χ4v) is 5.36. The minimum atomic E-state index is 0.278. The molecule has 1 heteroatoms. The second-order valence-corrected chi connectivity index (χ2v) is 10.2. The molecule has 1 aliphatic rings. The molecule has 1 saturated carbocycles. The van der Waals surface area contributed by atoms with Gasteiger partial charge >= 0.3 is 0 Å². The lowest BCUT2D eigenvalue weighted by Crippen LogP contribution is -2.25. The molecule has 0 radical (unpaired) electrons. The zero-order valence-electron chi connectivity index (χ0n) is 21.7. The number of hydrogen-bond acceptors (Lipinski definition) is 1. The van der Waals surface area contributed by atoms with Crippen LogP contribution in [0.2, 0.25) is 0 Å². The summed E-state index contributed by atoms with van der Waals surface area (Å²) in [5.41, 5.74) is 2.66. The van der Waals surface area contributed by atoms with Crippen LogP contribution < -0.4 is 0 Å². The van der Waals surface area contributed by atoms with Gasteiger partial charge in [0.2, 0.25) is 0 Å². The molecule has 1 nitrogen and oxygen atoms in total. The highest BCUT2D eigenvalue weighted by atomic mass is 16.5. The molecular weight excluding hydrogens is 412 g/mol. The summed E-state index contributed by atoms with van der Waals surface area (Å²) in [6, 6.07) is 21.8. The van der Waals surface area contributed by atoms with E-state index in [2.05, 4.69) is 73.7 Å². The lowest BCUT2D eigenvalue weighted by atomic mass is 9.81. The fourth-order valence-electron chi connectivity index (χ4n) is 5.36. The van der Waals surface area contributed by atoms with Crippen LogP contribution in [0, 0.1) is 0 Å². The van der Waals surface area contributed by atoms with Crippen molar-refractivity contribution in [2.75, 3.05) is 0 Å². The van der Waals surface area contributed by atoms with Crippen molar-refractivity contribution < 1.29 is 4.74 Å². The van der Waals surface area contributed by atoms with Crippen molar-refractivity contribution in [1.29, 1.82) is 0 Å². The van der Waals surface area contributed by atoms with E-state index in [1.807, 2.05) is 0 Å². The van der Waals surface area contributed by atoms with Gasteiger partial charge in [-0.15, -0.1) is 0 Å². The average molecular weight is 461 g/mol. The Bertz CT molecular complexity index is 779. The van der Waals surface area contributed by atoms with Crippen LogP contribution in [0.3, 0.4) is 0 Å². The molecule has 1 fully saturated rings. The highest BCUT2D eigenvalue weighted by molar-refractivity contribution is 5.59. The first-order valence-electron chi connectivity index (χ1n) is 14.4. The molecule has 0 N–H and O–H groups in total. The van der Waals surface area contributed by atoms with Crippen molar-refractivity contribution in [1.82, 2.24) is 0 Å². The topological polar surface area (TPSA) is 9.23 Å². The molecule has 0 aromatic heterocycles. The number of benzene rings is 2. The van der Waals surface area contributed by atoms with Crippen LogP contribution in [-0.4, -0.2) is 6.10 Å². The van der Waals surface area contributed by atoms with Crippen LogP contribution in [0.4, 0.5) is 0 Å². The second-order valence-electron chi connectivity index (χ2n) is 10.2. The van der Waals surface area contributed by atoms with Crippen LogP contribution in [0.5, 0.6) is 0 Å². The maximum Gasteiger partial charge on any atom is 0.122 e. The predicted molar refractivity (Wildman–Crippen MR) is 148 cm³/mol. The van der Waals surface area contributed by atoms with Gasteiger partial charge in [0.15, 0.2) is 0 Å². The Balaban J connectivity index is 1.46. The first-order chi connectivity index (χ1) is 16.9. The zero-order chi connectivity index (χ0) is 23.7. The molecule has 0 amide bonds. The number of allylic oxidation sites excluding steroid dienone is 1. The maximum atomic E-state index is 6.81. The second kappa shape index (κ2) is 16.6. The van der Waals surface area contributed by atoms with Gasteiger partial charge in [-0.2, -0.15) is 0 Å². The van der Waals surface area contributed by atoms with E-state index in [0.717, 1.165) is 18.6 Å². The van der Waals surface area contributed by atoms with Crippen LogP contribution in [-0.2, 0) is 4.74 Å². The molecule has 34 heavy (non-hydrogen) atoms. The summed E-state index contributed by atoms with van der Waals surface area (Å²) in [4.78, 5) is 0. The number of hydrogen-bond donors (Lipinski definition) is 0. The van der Waals surface area contributed by atoms with Gasteiger partial charge in [-0.3, -0.25) is 0 Å². The monoisotopic (exact) mass is 460 g/mol. The lowest BCUT2D eigenvalue weighted by molar-refractivity contribution is 0.102. The molecule has 0 unspecified atom stereocenters. The van der Waals surface area contributed by atoms with Crippen molar-refractivity contribution >= 4 is 5.76 Å². The Morgan fingerprint density at radius 2 is 1.26 bits per heavy atom. The third-order valence-corrected chi connectivity index (χ3v) is 7.40. The average Bonchev–Trinajstić information content (AvgIpc) is 2.90. The summed E-state index contributed by atoms with van der Waals surface area (Å²) in [6.07, 6.45) is 24.0. The van der Waals surface area contributed by atoms with Crippen molar-refractivity contribution in [2.24, 2.45) is 0 Å². The van der Waals surface area contributed by atoms with Gasteiger partial charge in [0, 0.05) is 11.5 Å². The van der Waals surface area contributed by atoms with Gasteiger partial charge in [0.25, 0.3) is 0 Å². The minimum absolute atomic E-state index is 0.278. The van der Waals surface area contributed by atoms with Crippen LogP contribution in [0.25, 0.3) is 5.76 Å². The standard InChI is InChI=1S/C33H48O/c1-2-3-4-5-6-7-8-9-10-11-12-19-27-32(30-24-17-14-18-25-30)34-33-28-21-20-26-31(33)29-22-15-13-16-23-29/h13-18,22-25,27,31,33H,2-12,19-21,26,28H2,1H3/b32-27+/t31-,33+/m0/s1. The Labute approximate surface area is 210 Å². The molecule has 2 aromatic rings. The van der Waals surface area contributed by atoms with E-state index in [4.69, 9.17) is 4.74 Å². The smallest absolute Gasteiger partial charge is 0.122 e. The van der Waals surface area contributed by atoms with E-state index in [0.29, 0.717) is 5.92 Å². The lowest BCUT2D eigenvalue weighted by Gasteiger charge is -2.33. The number of unbranched alkanes of at least 4 members (excludes halogenated alkanes) is 11. The molecule has 0 heterocycles. The van der Waals surface area contributed by atoms with Crippen molar-refractivity contribution in [3.63, 3.8) is 0 Å². The number of rotatable bonds is 16. The normalized spacial score (nSPS) is 18.7. The minimum Gasteiger partial charge on any atom is -0.490 e. The van der Waals surface area contributed by atoms with Crippen molar-refractivity contribution in [3.05, 3.63) is 77.9 Å². The first kappa shape index (κ1) is 26.6. The molecule has 1 aliphatic carbocycles. The predicted octanol–water partition coefficient (Wildman–Crippen LogP) is 10.5. The van der Waals surface area contributed by atoms with Gasteiger partial charge in [-0.05, 0) is 43.7 Å². The largest absolute Gasteiger partial charge is 0.490 e. The van der Waals surface area contributed by atoms with Crippen LogP contribution >= 0.6 is 0 Å². The third kappa shape index (κ3) is 9.69.